The van der Waals surface area contributed by atoms with Crippen molar-refractivity contribution in [2.24, 2.45) is 5.92 Å². The van der Waals surface area contributed by atoms with Crippen LogP contribution >= 0.6 is 15.9 Å². The van der Waals surface area contributed by atoms with Gasteiger partial charge in [0.25, 0.3) is 5.95 Å². The number of anilines is 1. The van der Waals surface area contributed by atoms with Crippen LogP contribution in [0.15, 0.2) is 22.7 Å². The molecule has 2 aliphatic heterocycles. The van der Waals surface area contributed by atoms with E-state index in [-0.39, 0.29) is 17.9 Å². The minimum absolute atomic E-state index is 0.276. The molecule has 10 heteroatoms. The molecule has 2 aromatic rings. The van der Waals surface area contributed by atoms with Crippen LogP contribution in [-0.4, -0.2) is 75.8 Å². The van der Waals surface area contributed by atoms with Crippen LogP contribution in [0.3, 0.4) is 0 Å². The molecular weight excluding hydrogens is 440 g/mol. The molecule has 1 atom stereocenters. The van der Waals surface area contributed by atoms with E-state index in [9.17, 15) is 9.59 Å². The van der Waals surface area contributed by atoms with Gasteiger partial charge in [0, 0.05) is 11.0 Å². The molecule has 1 unspecified atom stereocenters. The zero-order valence-corrected chi connectivity index (χ0v) is 18.5. The highest BCUT2D eigenvalue weighted by molar-refractivity contribution is 9.10. The Bertz CT molecular complexity index is 1060. The summed E-state index contributed by atoms with van der Waals surface area (Å²) in [5.74, 6) is 2.22. The molecule has 0 spiro atoms. The molecule has 0 saturated carbocycles. The second-order valence-corrected chi connectivity index (χ2v) is 8.47. The van der Waals surface area contributed by atoms with Crippen molar-refractivity contribution in [1.29, 1.82) is 0 Å². The Balaban J connectivity index is 2.00. The Morgan fingerprint density at radius 3 is 2.66 bits per heavy atom. The molecule has 9 nitrogen and oxygen atoms in total. The van der Waals surface area contributed by atoms with E-state index in [0.29, 0.717) is 35.5 Å². The molecule has 2 aliphatic rings. The van der Waals surface area contributed by atoms with E-state index in [1.165, 1.54) is 11.6 Å². The fourth-order valence-corrected chi connectivity index (χ4v) is 4.20. The summed E-state index contributed by atoms with van der Waals surface area (Å²) < 4.78 is 9.66. The standard InChI is InChI=1S/C19H22BrN6O3/c1-10(2)9-25-14-16(23(3)19(28)24(4)17(14)27)26-15(21-22-18(25)26)12-8-11(20)6-7-13(12)29-5/h6-8,10,14H,9H2,1-5H3/q+1. The van der Waals surface area contributed by atoms with Crippen molar-refractivity contribution in [2.45, 2.75) is 19.9 Å². The van der Waals surface area contributed by atoms with E-state index < -0.39 is 6.04 Å². The van der Waals surface area contributed by atoms with Gasteiger partial charge in [-0.15, -0.1) is 5.10 Å². The van der Waals surface area contributed by atoms with E-state index in [4.69, 9.17) is 4.74 Å². The summed E-state index contributed by atoms with van der Waals surface area (Å²) in [5.41, 5.74) is 0.713. The maximum absolute atomic E-state index is 13.1. The molecular formula is C19H22BrN6O3+. The maximum Gasteiger partial charge on any atom is 0.445 e. The first-order chi connectivity index (χ1) is 13.8. The number of imide groups is 1. The molecule has 0 fully saturated rings. The highest BCUT2D eigenvalue weighted by atomic mass is 79.9. The molecule has 29 heavy (non-hydrogen) atoms. The summed E-state index contributed by atoms with van der Waals surface area (Å²) in [6.07, 6.45) is 0. The first-order valence-corrected chi connectivity index (χ1v) is 10.0. The first kappa shape index (κ1) is 19.6. The van der Waals surface area contributed by atoms with Crippen LogP contribution in [0.1, 0.15) is 13.8 Å². The molecule has 3 heterocycles. The largest absolute Gasteiger partial charge is 0.496 e. The minimum atomic E-state index is -0.632. The van der Waals surface area contributed by atoms with E-state index in [1.807, 2.05) is 23.1 Å². The molecule has 0 saturated heterocycles. The van der Waals surface area contributed by atoms with E-state index in [2.05, 4.69) is 40.0 Å². The van der Waals surface area contributed by atoms with Crippen LogP contribution in [-0.2, 0) is 4.79 Å². The van der Waals surface area contributed by atoms with Crippen LogP contribution in [0.2, 0.25) is 0 Å². The predicted molar refractivity (Wildman–Crippen MR) is 110 cm³/mol. The Labute approximate surface area is 176 Å². The van der Waals surface area contributed by atoms with Gasteiger partial charge in [-0.2, -0.15) is 9.47 Å². The second-order valence-electron chi connectivity index (χ2n) is 7.55. The number of ether oxygens (including phenoxy) is 1. The monoisotopic (exact) mass is 461 g/mol. The predicted octanol–water partition coefficient (Wildman–Crippen LogP) is 2.04. The summed E-state index contributed by atoms with van der Waals surface area (Å²) in [5, 5.41) is 8.79. The molecule has 0 N–H and O–H groups in total. The van der Waals surface area contributed by atoms with Gasteiger partial charge < -0.3 is 9.64 Å². The lowest BCUT2D eigenvalue weighted by molar-refractivity contribution is -0.407. The second kappa shape index (κ2) is 6.94. The quantitative estimate of drug-likeness (QED) is 0.647. The zero-order valence-electron chi connectivity index (χ0n) is 16.9. The summed E-state index contributed by atoms with van der Waals surface area (Å²) >= 11 is 3.49. The van der Waals surface area contributed by atoms with Crippen molar-refractivity contribution in [3.63, 3.8) is 0 Å². The third-order valence-electron chi connectivity index (χ3n) is 5.13. The van der Waals surface area contributed by atoms with Crippen LogP contribution < -0.4 is 9.64 Å². The average molecular weight is 462 g/mol. The number of likely N-dealkylation sites (N-methyl/N-ethyl adjacent to an activating group) is 1. The van der Waals surface area contributed by atoms with Gasteiger partial charge in [0.15, 0.2) is 0 Å². The number of nitrogens with zero attached hydrogens (tertiary/aromatic N) is 6. The number of methoxy groups -OCH3 is 1. The number of hydrogen-bond acceptors (Lipinski definition) is 6. The minimum Gasteiger partial charge on any atom is -0.496 e. The number of amides is 3. The first-order valence-electron chi connectivity index (χ1n) is 9.24. The van der Waals surface area contributed by atoms with E-state index in [0.717, 1.165) is 9.37 Å². The van der Waals surface area contributed by atoms with Crippen LogP contribution in [0, 0.1) is 5.92 Å². The topological polar surface area (TPSA) is 83.6 Å². The molecule has 4 rings (SSSR count). The van der Waals surface area contributed by atoms with Crippen molar-refractivity contribution in [2.75, 3.05) is 32.6 Å². The Morgan fingerprint density at radius 1 is 1.28 bits per heavy atom. The van der Waals surface area contributed by atoms with E-state index >= 15 is 0 Å². The van der Waals surface area contributed by atoms with Crippen molar-refractivity contribution in [1.82, 2.24) is 19.7 Å². The van der Waals surface area contributed by atoms with Crippen LogP contribution in [0.4, 0.5) is 10.7 Å². The Kier molecular flexibility index (Phi) is 4.68. The molecule has 1 aromatic heterocycles. The maximum atomic E-state index is 13.1. The summed E-state index contributed by atoms with van der Waals surface area (Å²) in [4.78, 5) is 28.8. The van der Waals surface area contributed by atoms with Gasteiger partial charge >= 0.3 is 11.9 Å². The van der Waals surface area contributed by atoms with Crippen LogP contribution in [0.25, 0.3) is 11.4 Å². The van der Waals surface area contributed by atoms with Gasteiger partial charge in [-0.25, -0.2) is 9.37 Å². The van der Waals surface area contributed by atoms with Gasteiger partial charge in [-0.3, -0.25) is 4.79 Å². The Morgan fingerprint density at radius 2 is 2.00 bits per heavy atom. The number of fused-ring (bicyclic) bond motifs is 3. The number of rotatable bonds is 4. The lowest BCUT2D eigenvalue weighted by Crippen LogP contribution is -2.60. The number of benzene rings is 1. The third kappa shape index (κ3) is 2.85. The number of urea groups is 1. The highest BCUT2D eigenvalue weighted by Crippen LogP contribution is 2.37. The highest BCUT2D eigenvalue weighted by Gasteiger charge is 2.55. The van der Waals surface area contributed by atoms with Gasteiger partial charge in [-0.1, -0.05) is 34.9 Å². The molecule has 0 aliphatic carbocycles. The fraction of sp³-hybridized carbons (Fsp3) is 0.421. The lowest BCUT2D eigenvalue weighted by atomic mass is 10.1. The van der Waals surface area contributed by atoms with Crippen molar-refractivity contribution in [3.8, 4) is 17.1 Å². The normalized spacial score (nSPS) is 18.7. The molecule has 0 bridgehead atoms. The summed E-state index contributed by atoms with van der Waals surface area (Å²) in [7, 11) is 4.75. The summed E-state index contributed by atoms with van der Waals surface area (Å²) in [6.45, 7) is 4.75. The molecule has 152 valence electrons. The number of carbonyl (C=O) groups is 2. The van der Waals surface area contributed by atoms with E-state index in [1.54, 1.807) is 18.7 Å². The number of halogens is 1. The van der Waals surface area contributed by atoms with Crippen LogP contribution in [0.5, 0.6) is 5.75 Å². The molecule has 1 aromatic carbocycles. The van der Waals surface area contributed by atoms with Crippen molar-refractivity contribution >= 4 is 39.7 Å². The average Bonchev–Trinajstić information content (AvgIpc) is 3.23. The lowest BCUT2D eigenvalue weighted by Gasteiger charge is -2.28. The van der Waals surface area contributed by atoms with Gasteiger partial charge in [0.1, 0.15) is 5.75 Å². The van der Waals surface area contributed by atoms with Crippen molar-refractivity contribution < 1.29 is 18.9 Å². The third-order valence-corrected chi connectivity index (χ3v) is 5.63. The molecule has 3 amide bonds. The number of aromatic nitrogens is 3. The number of carbonyl (C=O) groups excluding carboxylic acids is 2. The van der Waals surface area contributed by atoms with Gasteiger partial charge in [0.2, 0.25) is 17.7 Å². The van der Waals surface area contributed by atoms with Crippen molar-refractivity contribution in [3.05, 3.63) is 22.7 Å². The SMILES string of the molecule is COc1ccc(Br)cc1-c1nnc2n1C1=[N+](C)C(=O)N(C)C(=O)C1N2CC(C)C. The number of hydrogen-bond donors (Lipinski definition) is 0. The smallest absolute Gasteiger partial charge is 0.445 e. The summed E-state index contributed by atoms with van der Waals surface area (Å²) in [6, 6.07) is 4.57. The van der Waals surface area contributed by atoms with Gasteiger partial charge in [0.05, 0.1) is 26.8 Å². The van der Waals surface area contributed by atoms with Gasteiger partial charge in [-0.05, 0) is 24.1 Å². The zero-order chi connectivity index (χ0) is 21.0. The Hall–Kier alpha value is -2.75. The fourth-order valence-electron chi connectivity index (χ4n) is 3.84. The molecule has 0 radical (unpaired) electrons.